The Labute approximate surface area is 124 Å². The zero-order valence-electron chi connectivity index (χ0n) is 11.8. The Morgan fingerprint density at radius 2 is 2.14 bits per heavy atom. The average Bonchev–Trinajstić information content (AvgIpc) is 3.21. The van der Waals surface area contributed by atoms with Crippen molar-refractivity contribution in [3.05, 3.63) is 48.2 Å². The van der Waals surface area contributed by atoms with Crippen molar-refractivity contribution in [2.45, 2.75) is 39.3 Å². The number of hydrogen-bond acceptors (Lipinski definition) is 5. The zero-order valence-corrected chi connectivity index (χ0v) is 12.6. The molecule has 0 atom stereocenters. The fourth-order valence-corrected chi connectivity index (χ4v) is 3.24. The third-order valence-corrected chi connectivity index (χ3v) is 4.62. The smallest absolute Gasteiger partial charge is 0.296 e. The minimum Gasteiger partial charge on any atom is -0.296 e. The highest BCUT2D eigenvalue weighted by molar-refractivity contribution is 7.11. The predicted molar refractivity (Wildman–Crippen MR) is 78.6 cm³/mol. The summed E-state index contributed by atoms with van der Waals surface area (Å²) in [4.78, 5) is 29.9. The van der Waals surface area contributed by atoms with Crippen LogP contribution in [0.5, 0.6) is 0 Å². The van der Waals surface area contributed by atoms with Crippen molar-refractivity contribution < 1.29 is 0 Å². The van der Waals surface area contributed by atoms with Crippen molar-refractivity contribution in [1.82, 2.24) is 14.1 Å². The Morgan fingerprint density at radius 1 is 1.43 bits per heavy atom. The summed E-state index contributed by atoms with van der Waals surface area (Å²) < 4.78 is 2.67. The van der Waals surface area contributed by atoms with E-state index in [4.69, 9.17) is 5.26 Å². The van der Waals surface area contributed by atoms with Gasteiger partial charge in [0.25, 0.3) is 5.56 Å². The number of aryl methyl sites for hydroxylation is 2. The number of nitrogens with zero attached hydrogens (tertiary/aromatic N) is 4. The van der Waals surface area contributed by atoms with E-state index >= 15 is 0 Å². The molecule has 3 rings (SSSR count). The first kappa shape index (κ1) is 13.8. The van der Waals surface area contributed by atoms with Gasteiger partial charge in [-0.2, -0.15) is 5.26 Å². The molecule has 1 aliphatic carbocycles. The standard InChI is InChI=1S/C14H14N4O2S/c1-8-12(21-9(2)16-8)7-18-13(19)10(5-15)6-17(14(18)20)11-3-4-11/h6,11H,3-4,7H2,1-2H3. The molecule has 2 heterocycles. The van der Waals surface area contributed by atoms with Crippen LogP contribution in [0.3, 0.4) is 0 Å². The fourth-order valence-electron chi connectivity index (χ4n) is 2.32. The van der Waals surface area contributed by atoms with Crippen molar-refractivity contribution in [3.63, 3.8) is 0 Å². The van der Waals surface area contributed by atoms with Gasteiger partial charge in [0.05, 0.1) is 17.2 Å². The van der Waals surface area contributed by atoms with Crippen molar-refractivity contribution in [3.8, 4) is 6.07 Å². The molecule has 0 saturated heterocycles. The van der Waals surface area contributed by atoms with Gasteiger partial charge in [0.15, 0.2) is 0 Å². The summed E-state index contributed by atoms with van der Waals surface area (Å²) in [6.45, 7) is 3.92. The molecular formula is C14H14N4O2S. The summed E-state index contributed by atoms with van der Waals surface area (Å²) in [5, 5.41) is 9.99. The van der Waals surface area contributed by atoms with Crippen molar-refractivity contribution >= 4 is 11.3 Å². The molecule has 2 aromatic rings. The van der Waals surface area contributed by atoms with E-state index in [1.807, 2.05) is 19.9 Å². The Morgan fingerprint density at radius 3 is 2.67 bits per heavy atom. The Kier molecular flexibility index (Phi) is 3.26. The molecule has 108 valence electrons. The number of rotatable bonds is 3. The van der Waals surface area contributed by atoms with Crippen LogP contribution in [0, 0.1) is 25.2 Å². The maximum absolute atomic E-state index is 12.5. The molecule has 0 bridgehead atoms. The van der Waals surface area contributed by atoms with E-state index in [2.05, 4.69) is 4.98 Å². The van der Waals surface area contributed by atoms with Crippen LogP contribution in [0.1, 0.15) is 40.0 Å². The molecule has 0 N–H and O–H groups in total. The highest BCUT2D eigenvalue weighted by Gasteiger charge is 2.27. The minimum atomic E-state index is -0.523. The molecule has 0 aromatic carbocycles. The molecule has 21 heavy (non-hydrogen) atoms. The molecule has 1 saturated carbocycles. The second-order valence-corrected chi connectivity index (χ2v) is 6.50. The molecular weight excluding hydrogens is 288 g/mol. The van der Waals surface area contributed by atoms with Crippen molar-refractivity contribution in [1.29, 1.82) is 5.26 Å². The van der Waals surface area contributed by atoms with Gasteiger partial charge in [-0.05, 0) is 26.7 Å². The summed E-state index contributed by atoms with van der Waals surface area (Å²) in [6, 6.07) is 2.01. The van der Waals surface area contributed by atoms with Gasteiger partial charge in [0.1, 0.15) is 11.6 Å². The lowest BCUT2D eigenvalue weighted by Gasteiger charge is -2.09. The van der Waals surface area contributed by atoms with Crippen LogP contribution < -0.4 is 11.2 Å². The number of thiazole rings is 1. The molecule has 1 fully saturated rings. The lowest BCUT2D eigenvalue weighted by atomic mass is 10.3. The van der Waals surface area contributed by atoms with Gasteiger partial charge in [0, 0.05) is 17.1 Å². The van der Waals surface area contributed by atoms with E-state index in [1.54, 1.807) is 0 Å². The molecule has 0 aliphatic heterocycles. The molecule has 0 unspecified atom stereocenters. The predicted octanol–water partition coefficient (Wildman–Crippen LogP) is 1.34. The van der Waals surface area contributed by atoms with E-state index < -0.39 is 5.56 Å². The van der Waals surface area contributed by atoms with E-state index in [1.165, 1.54) is 22.1 Å². The van der Waals surface area contributed by atoms with Crippen LogP contribution in [0.2, 0.25) is 0 Å². The van der Waals surface area contributed by atoms with Crippen molar-refractivity contribution in [2.24, 2.45) is 0 Å². The van der Waals surface area contributed by atoms with Crippen LogP contribution in [0.25, 0.3) is 0 Å². The second kappa shape index (κ2) is 4.97. The van der Waals surface area contributed by atoms with Gasteiger partial charge in [0.2, 0.25) is 0 Å². The third-order valence-electron chi connectivity index (χ3n) is 3.56. The number of nitriles is 1. The third kappa shape index (κ3) is 2.43. The van der Waals surface area contributed by atoms with Crippen molar-refractivity contribution in [2.75, 3.05) is 0 Å². The van der Waals surface area contributed by atoms with E-state index in [0.717, 1.165) is 33.0 Å². The van der Waals surface area contributed by atoms with E-state index in [0.29, 0.717) is 0 Å². The fraction of sp³-hybridized carbons (Fsp3) is 0.429. The Balaban J connectivity index is 2.15. The Bertz CT molecular complexity index is 865. The van der Waals surface area contributed by atoms with Crippen LogP contribution in [0.15, 0.2) is 15.8 Å². The largest absolute Gasteiger partial charge is 0.331 e. The lowest BCUT2D eigenvalue weighted by molar-refractivity contribution is 0.589. The van der Waals surface area contributed by atoms with Gasteiger partial charge >= 0.3 is 5.69 Å². The molecule has 6 nitrogen and oxygen atoms in total. The summed E-state index contributed by atoms with van der Waals surface area (Å²) in [5.74, 6) is 0. The zero-order chi connectivity index (χ0) is 15.1. The van der Waals surface area contributed by atoms with Crippen LogP contribution in [-0.4, -0.2) is 14.1 Å². The molecule has 7 heteroatoms. The summed E-state index contributed by atoms with van der Waals surface area (Å²) in [6.07, 6.45) is 3.23. The van der Waals surface area contributed by atoms with Crippen LogP contribution >= 0.6 is 11.3 Å². The SMILES string of the molecule is Cc1nc(C)c(Cn2c(=O)c(C#N)cn(C3CC3)c2=O)s1. The Hall–Kier alpha value is -2.20. The highest BCUT2D eigenvalue weighted by Crippen LogP contribution is 2.33. The summed E-state index contributed by atoms with van der Waals surface area (Å²) >= 11 is 1.47. The van der Waals surface area contributed by atoms with Crippen LogP contribution in [-0.2, 0) is 6.54 Å². The molecule has 0 radical (unpaired) electrons. The topological polar surface area (TPSA) is 80.7 Å². The maximum Gasteiger partial charge on any atom is 0.331 e. The van der Waals surface area contributed by atoms with E-state index in [-0.39, 0.29) is 23.8 Å². The minimum absolute atomic E-state index is 0.0143. The molecule has 1 aliphatic rings. The average molecular weight is 302 g/mol. The molecule has 0 amide bonds. The van der Waals surface area contributed by atoms with Gasteiger partial charge < -0.3 is 0 Å². The first-order chi connectivity index (χ1) is 10.0. The van der Waals surface area contributed by atoms with Gasteiger partial charge in [-0.1, -0.05) is 0 Å². The number of hydrogen-bond donors (Lipinski definition) is 0. The summed E-state index contributed by atoms with van der Waals surface area (Å²) in [5.41, 5.74) is -0.0265. The quantitative estimate of drug-likeness (QED) is 0.857. The van der Waals surface area contributed by atoms with Gasteiger partial charge in [-0.3, -0.25) is 13.9 Å². The lowest BCUT2D eigenvalue weighted by Crippen LogP contribution is -2.40. The van der Waals surface area contributed by atoms with Crippen LogP contribution in [0.4, 0.5) is 0 Å². The van der Waals surface area contributed by atoms with E-state index in [9.17, 15) is 9.59 Å². The monoisotopic (exact) mass is 302 g/mol. The highest BCUT2D eigenvalue weighted by atomic mass is 32.1. The first-order valence-electron chi connectivity index (χ1n) is 6.70. The maximum atomic E-state index is 12.5. The second-order valence-electron chi connectivity index (χ2n) is 5.21. The molecule has 2 aromatic heterocycles. The normalized spacial score (nSPS) is 14.1. The first-order valence-corrected chi connectivity index (χ1v) is 7.52. The van der Waals surface area contributed by atoms with Gasteiger partial charge in [-0.15, -0.1) is 11.3 Å². The van der Waals surface area contributed by atoms with Gasteiger partial charge in [-0.25, -0.2) is 9.78 Å². The molecule has 0 spiro atoms. The summed E-state index contributed by atoms with van der Waals surface area (Å²) in [7, 11) is 0. The number of aromatic nitrogens is 3.